The molecule has 0 saturated heterocycles. The Hall–Kier alpha value is -4.35. The first-order valence-electron chi connectivity index (χ1n) is 14.2. The second-order valence-electron chi connectivity index (χ2n) is 10.0. The molecule has 0 aliphatic carbocycles. The SMILES string of the molecule is CCCCn1c(=O)c(NC(=O)Nc2c(SC)cc(C)nc2SC)c(-c2cccc(OCc3cccnc3)c2)c2cccnc21. The zero-order valence-electron chi connectivity index (χ0n) is 25.1. The molecule has 0 spiro atoms. The fourth-order valence-corrected chi connectivity index (χ4v) is 6.21. The quantitative estimate of drug-likeness (QED) is 0.144. The number of unbranched alkanes of at least 4 members (excludes halogenated alkanes) is 1. The van der Waals surface area contributed by atoms with E-state index in [0.717, 1.165) is 34.4 Å². The van der Waals surface area contributed by atoms with Crippen LogP contribution in [0.4, 0.5) is 16.2 Å². The Morgan fingerprint density at radius 1 is 1.00 bits per heavy atom. The second kappa shape index (κ2) is 14.4. The fourth-order valence-electron chi connectivity index (χ4n) is 4.91. The van der Waals surface area contributed by atoms with Gasteiger partial charge in [-0.3, -0.25) is 14.3 Å². The molecule has 5 rings (SSSR count). The van der Waals surface area contributed by atoms with E-state index >= 15 is 0 Å². The number of amides is 2. The van der Waals surface area contributed by atoms with Crippen molar-refractivity contribution in [2.75, 3.05) is 23.1 Å². The lowest BCUT2D eigenvalue weighted by molar-refractivity contribution is 0.262. The summed E-state index contributed by atoms with van der Waals surface area (Å²) in [6, 6.07) is 16.5. The van der Waals surface area contributed by atoms with E-state index in [4.69, 9.17) is 4.74 Å². The van der Waals surface area contributed by atoms with Crippen molar-refractivity contribution in [1.29, 1.82) is 0 Å². The maximum atomic E-state index is 14.2. The zero-order chi connectivity index (χ0) is 31.1. The maximum Gasteiger partial charge on any atom is 0.323 e. The van der Waals surface area contributed by atoms with Crippen molar-refractivity contribution in [1.82, 2.24) is 19.5 Å². The molecule has 11 heteroatoms. The van der Waals surface area contributed by atoms with E-state index in [0.29, 0.717) is 46.4 Å². The highest BCUT2D eigenvalue weighted by Crippen LogP contribution is 2.36. The average molecular weight is 627 g/mol. The van der Waals surface area contributed by atoms with Crippen LogP contribution >= 0.6 is 23.5 Å². The summed E-state index contributed by atoms with van der Waals surface area (Å²) in [6.45, 7) is 4.81. The third kappa shape index (κ3) is 6.89. The molecule has 4 aromatic heterocycles. The van der Waals surface area contributed by atoms with Gasteiger partial charge in [0.15, 0.2) is 0 Å². The molecular weight excluding hydrogens is 593 g/mol. The number of ether oxygens (including phenoxy) is 1. The zero-order valence-corrected chi connectivity index (χ0v) is 26.7. The number of benzene rings is 1. The van der Waals surface area contributed by atoms with Crippen LogP contribution in [0.3, 0.4) is 0 Å². The number of pyridine rings is 4. The predicted molar refractivity (Wildman–Crippen MR) is 180 cm³/mol. The number of nitrogens with zero attached hydrogens (tertiary/aromatic N) is 4. The molecule has 0 unspecified atom stereocenters. The number of anilines is 2. The first-order chi connectivity index (χ1) is 21.4. The third-order valence-electron chi connectivity index (χ3n) is 6.98. The van der Waals surface area contributed by atoms with E-state index in [9.17, 15) is 9.59 Å². The molecular formula is C33H34N6O3S2. The normalized spacial score (nSPS) is 11.0. The van der Waals surface area contributed by atoms with Crippen LogP contribution in [0.15, 0.2) is 87.9 Å². The molecule has 44 heavy (non-hydrogen) atoms. The highest BCUT2D eigenvalue weighted by molar-refractivity contribution is 7.99. The molecule has 0 bridgehead atoms. The van der Waals surface area contributed by atoms with Gasteiger partial charge in [0.25, 0.3) is 5.56 Å². The number of urea groups is 1. The molecule has 1 aromatic carbocycles. The van der Waals surface area contributed by atoms with E-state index in [2.05, 4.69) is 32.5 Å². The molecule has 4 heterocycles. The van der Waals surface area contributed by atoms with Gasteiger partial charge in [0, 0.05) is 52.2 Å². The predicted octanol–water partition coefficient (Wildman–Crippen LogP) is 7.63. The molecule has 9 nitrogen and oxygen atoms in total. The van der Waals surface area contributed by atoms with Crippen LogP contribution in [-0.4, -0.2) is 38.1 Å². The first kappa shape index (κ1) is 31.1. The van der Waals surface area contributed by atoms with Crippen molar-refractivity contribution in [3.05, 3.63) is 94.8 Å². The van der Waals surface area contributed by atoms with Gasteiger partial charge in [-0.15, -0.1) is 23.5 Å². The summed E-state index contributed by atoms with van der Waals surface area (Å²) < 4.78 is 7.73. The van der Waals surface area contributed by atoms with Crippen LogP contribution < -0.4 is 20.9 Å². The van der Waals surface area contributed by atoms with Crippen LogP contribution in [0, 0.1) is 6.92 Å². The molecule has 2 N–H and O–H groups in total. The minimum Gasteiger partial charge on any atom is -0.489 e. The van der Waals surface area contributed by atoms with Crippen LogP contribution in [0.5, 0.6) is 5.75 Å². The van der Waals surface area contributed by atoms with Crippen LogP contribution in [0.1, 0.15) is 31.0 Å². The van der Waals surface area contributed by atoms with Gasteiger partial charge in [0.2, 0.25) is 0 Å². The number of thioether (sulfide) groups is 2. The molecule has 0 atom stereocenters. The molecule has 0 radical (unpaired) electrons. The lowest BCUT2D eigenvalue weighted by Gasteiger charge is -2.19. The number of carbonyl (C=O) groups is 1. The number of fused-ring (bicyclic) bond motifs is 1. The molecule has 5 aromatic rings. The Bertz CT molecular complexity index is 1820. The average Bonchev–Trinajstić information content (AvgIpc) is 3.05. The van der Waals surface area contributed by atoms with Gasteiger partial charge in [-0.1, -0.05) is 31.5 Å². The Morgan fingerprint density at radius 3 is 2.57 bits per heavy atom. The van der Waals surface area contributed by atoms with E-state index < -0.39 is 6.03 Å². The largest absolute Gasteiger partial charge is 0.489 e. The number of nitrogens with one attached hydrogen (secondary N) is 2. The number of hydrogen-bond acceptors (Lipinski definition) is 8. The van der Waals surface area contributed by atoms with Crippen molar-refractivity contribution in [2.45, 2.75) is 49.8 Å². The smallest absolute Gasteiger partial charge is 0.323 e. The van der Waals surface area contributed by atoms with E-state index in [1.165, 1.54) is 23.5 Å². The Morgan fingerprint density at radius 2 is 1.82 bits per heavy atom. The number of aryl methyl sites for hydroxylation is 2. The van der Waals surface area contributed by atoms with Crippen LogP contribution in [0.2, 0.25) is 0 Å². The molecule has 0 saturated carbocycles. The summed E-state index contributed by atoms with van der Waals surface area (Å²) in [4.78, 5) is 42.1. The summed E-state index contributed by atoms with van der Waals surface area (Å²) in [7, 11) is 0. The highest BCUT2D eigenvalue weighted by atomic mass is 32.2. The topological polar surface area (TPSA) is 111 Å². The van der Waals surface area contributed by atoms with Crippen molar-refractivity contribution in [3.63, 3.8) is 0 Å². The number of aromatic nitrogens is 4. The van der Waals surface area contributed by atoms with Crippen molar-refractivity contribution < 1.29 is 9.53 Å². The molecule has 0 aliphatic rings. The minimum atomic E-state index is -0.533. The number of carbonyl (C=O) groups excluding carboxylic acids is 1. The molecule has 2 amide bonds. The monoisotopic (exact) mass is 626 g/mol. The summed E-state index contributed by atoms with van der Waals surface area (Å²) in [6.07, 6.45) is 10.7. The van der Waals surface area contributed by atoms with Gasteiger partial charge in [0.05, 0.1) is 5.69 Å². The van der Waals surface area contributed by atoms with Gasteiger partial charge in [-0.05, 0) is 67.8 Å². The summed E-state index contributed by atoms with van der Waals surface area (Å²) >= 11 is 2.97. The van der Waals surface area contributed by atoms with Gasteiger partial charge in [-0.25, -0.2) is 14.8 Å². The Kier molecular flexibility index (Phi) is 10.2. The van der Waals surface area contributed by atoms with E-state index in [1.807, 2.05) is 74.0 Å². The van der Waals surface area contributed by atoms with Crippen molar-refractivity contribution in [3.8, 4) is 16.9 Å². The molecule has 0 fully saturated rings. The van der Waals surface area contributed by atoms with Gasteiger partial charge in [-0.2, -0.15) is 0 Å². The van der Waals surface area contributed by atoms with Gasteiger partial charge in [0.1, 0.15) is 28.7 Å². The van der Waals surface area contributed by atoms with Crippen LogP contribution in [0.25, 0.3) is 22.2 Å². The lowest BCUT2D eigenvalue weighted by atomic mass is 10.00. The number of hydrogen-bond donors (Lipinski definition) is 2. The van der Waals surface area contributed by atoms with Crippen molar-refractivity contribution >= 4 is 52.0 Å². The number of rotatable bonds is 11. The molecule has 226 valence electrons. The first-order valence-corrected chi connectivity index (χ1v) is 16.7. The third-order valence-corrected chi connectivity index (χ3v) is 8.42. The molecule has 0 aliphatic heterocycles. The van der Waals surface area contributed by atoms with Crippen LogP contribution in [-0.2, 0) is 13.2 Å². The minimum absolute atomic E-state index is 0.167. The van der Waals surface area contributed by atoms with Gasteiger partial charge < -0.3 is 15.4 Å². The summed E-state index contributed by atoms with van der Waals surface area (Å²) in [5, 5.41) is 7.34. The standard InChI is InChI=1S/C33H34N6O3S2/c1-5-6-16-39-30-25(13-9-15-35-30)27(23-11-7-12-24(18-23)42-20-22-10-8-14-34-19-22)29(32(39)40)38-33(41)37-28-26(43-3)17-21(2)36-31(28)44-4/h7-15,17-19H,5-6,16,20H2,1-4H3,(H2,37,38,41). The van der Waals surface area contributed by atoms with Gasteiger partial charge >= 0.3 is 6.03 Å². The Labute approximate surface area is 264 Å². The summed E-state index contributed by atoms with van der Waals surface area (Å²) in [5.74, 6) is 0.619. The summed E-state index contributed by atoms with van der Waals surface area (Å²) in [5.41, 5.74) is 4.09. The van der Waals surface area contributed by atoms with E-state index in [-0.39, 0.29) is 11.2 Å². The fraction of sp³-hybridized carbons (Fsp3) is 0.242. The maximum absolute atomic E-state index is 14.2. The highest BCUT2D eigenvalue weighted by Gasteiger charge is 2.22. The Balaban J connectivity index is 1.60. The lowest BCUT2D eigenvalue weighted by Crippen LogP contribution is -2.30. The second-order valence-corrected chi connectivity index (χ2v) is 11.7. The van der Waals surface area contributed by atoms with E-state index in [1.54, 1.807) is 23.2 Å². The van der Waals surface area contributed by atoms with Crippen molar-refractivity contribution in [2.24, 2.45) is 0 Å².